The molecule has 0 aliphatic heterocycles. The minimum absolute atomic E-state index is 0.246. The number of carbonyl (C=O) groups is 1. The average Bonchev–Trinajstić information content (AvgIpc) is 2.94. The SMILES string of the molecule is CCCCCOc1cccc(C(=O)N=c2sc3cc(C)c(C)cc3n2C)c1. The molecule has 1 aromatic heterocycles. The number of thiazole rings is 1. The number of unbranched alkanes of at least 4 members (excludes halogenated alkanes) is 2. The van der Waals surface area contributed by atoms with E-state index >= 15 is 0 Å². The Labute approximate surface area is 164 Å². The molecule has 0 saturated carbocycles. The van der Waals surface area contributed by atoms with Crippen molar-refractivity contribution < 1.29 is 9.53 Å². The van der Waals surface area contributed by atoms with Crippen molar-refractivity contribution in [2.45, 2.75) is 40.0 Å². The number of hydrogen-bond acceptors (Lipinski definition) is 3. The molecule has 3 aromatic rings. The lowest BCUT2D eigenvalue weighted by molar-refractivity contribution is 0.0997. The topological polar surface area (TPSA) is 43.6 Å². The van der Waals surface area contributed by atoms with Crippen molar-refractivity contribution in [2.24, 2.45) is 12.0 Å². The maximum atomic E-state index is 12.7. The molecule has 2 aromatic carbocycles. The lowest BCUT2D eigenvalue weighted by atomic mass is 10.1. The molecule has 0 spiro atoms. The number of fused-ring (bicyclic) bond motifs is 1. The lowest BCUT2D eigenvalue weighted by Crippen LogP contribution is -2.13. The van der Waals surface area contributed by atoms with Gasteiger partial charge in [-0.3, -0.25) is 4.79 Å². The highest BCUT2D eigenvalue weighted by atomic mass is 32.1. The molecular formula is C22H26N2O2S. The zero-order valence-corrected chi connectivity index (χ0v) is 17.2. The Kier molecular flexibility index (Phi) is 6.11. The second kappa shape index (κ2) is 8.53. The predicted molar refractivity (Wildman–Crippen MR) is 112 cm³/mol. The molecule has 1 heterocycles. The summed E-state index contributed by atoms with van der Waals surface area (Å²) in [5.74, 6) is 0.476. The van der Waals surface area contributed by atoms with Crippen LogP contribution in [0.3, 0.4) is 0 Å². The number of amides is 1. The van der Waals surface area contributed by atoms with Crippen LogP contribution in [0, 0.1) is 13.8 Å². The van der Waals surface area contributed by atoms with Gasteiger partial charge in [-0.15, -0.1) is 0 Å². The minimum Gasteiger partial charge on any atom is -0.494 e. The van der Waals surface area contributed by atoms with E-state index in [1.165, 1.54) is 22.5 Å². The monoisotopic (exact) mass is 382 g/mol. The number of ether oxygens (including phenoxy) is 1. The van der Waals surface area contributed by atoms with E-state index in [2.05, 4.69) is 37.9 Å². The molecule has 0 unspecified atom stereocenters. The molecule has 142 valence electrons. The summed E-state index contributed by atoms with van der Waals surface area (Å²) in [6, 6.07) is 11.6. The number of benzene rings is 2. The van der Waals surface area contributed by atoms with E-state index in [-0.39, 0.29) is 5.91 Å². The van der Waals surface area contributed by atoms with Gasteiger partial charge in [-0.05, 0) is 61.7 Å². The molecule has 0 radical (unpaired) electrons. The number of aromatic nitrogens is 1. The van der Waals surface area contributed by atoms with Gasteiger partial charge in [-0.25, -0.2) is 0 Å². The maximum Gasteiger partial charge on any atom is 0.279 e. The summed E-state index contributed by atoms with van der Waals surface area (Å²) in [4.78, 5) is 17.7. The third kappa shape index (κ3) is 4.48. The van der Waals surface area contributed by atoms with Gasteiger partial charge in [0.1, 0.15) is 5.75 Å². The number of carbonyl (C=O) groups excluding carboxylic acids is 1. The first-order chi connectivity index (χ1) is 13.0. The molecule has 0 bridgehead atoms. The lowest BCUT2D eigenvalue weighted by Gasteiger charge is -2.06. The van der Waals surface area contributed by atoms with Crippen molar-refractivity contribution in [3.05, 3.63) is 57.9 Å². The van der Waals surface area contributed by atoms with Gasteiger partial charge >= 0.3 is 0 Å². The van der Waals surface area contributed by atoms with Crippen molar-refractivity contribution in [1.29, 1.82) is 0 Å². The van der Waals surface area contributed by atoms with Crippen LogP contribution in [0.5, 0.6) is 5.75 Å². The Balaban J connectivity index is 1.86. The molecule has 1 amide bonds. The summed E-state index contributed by atoms with van der Waals surface area (Å²) in [5.41, 5.74) is 4.13. The van der Waals surface area contributed by atoms with Crippen LogP contribution < -0.4 is 9.54 Å². The molecule has 0 aliphatic rings. The van der Waals surface area contributed by atoms with E-state index in [0.29, 0.717) is 17.0 Å². The average molecular weight is 383 g/mol. The molecule has 4 nitrogen and oxygen atoms in total. The van der Waals surface area contributed by atoms with E-state index in [9.17, 15) is 4.79 Å². The van der Waals surface area contributed by atoms with E-state index < -0.39 is 0 Å². The first-order valence-electron chi connectivity index (χ1n) is 9.38. The number of aryl methyl sites for hydroxylation is 3. The van der Waals surface area contributed by atoms with Crippen LogP contribution in [-0.2, 0) is 7.05 Å². The normalized spacial score (nSPS) is 11.9. The van der Waals surface area contributed by atoms with Gasteiger partial charge in [0, 0.05) is 12.6 Å². The van der Waals surface area contributed by atoms with E-state index in [4.69, 9.17) is 4.74 Å². The first-order valence-corrected chi connectivity index (χ1v) is 10.2. The fraction of sp³-hybridized carbons (Fsp3) is 0.364. The van der Waals surface area contributed by atoms with Crippen LogP contribution in [0.4, 0.5) is 0 Å². The zero-order chi connectivity index (χ0) is 19.4. The molecule has 5 heteroatoms. The van der Waals surface area contributed by atoms with Crippen molar-refractivity contribution >= 4 is 27.5 Å². The Morgan fingerprint density at radius 2 is 1.93 bits per heavy atom. The van der Waals surface area contributed by atoms with E-state index in [1.807, 2.05) is 23.7 Å². The number of hydrogen-bond donors (Lipinski definition) is 0. The van der Waals surface area contributed by atoms with Gasteiger partial charge in [0.05, 0.1) is 16.8 Å². The standard InChI is InChI=1S/C22H26N2O2S/c1-5-6-7-11-26-18-10-8-9-17(14-18)21(25)23-22-24(4)19-12-15(2)16(3)13-20(19)27-22/h8-10,12-14H,5-7,11H2,1-4H3. The Hall–Kier alpha value is -2.40. The summed E-state index contributed by atoms with van der Waals surface area (Å²) in [6.45, 7) is 7.03. The third-order valence-corrected chi connectivity index (χ3v) is 5.81. The molecule has 0 atom stereocenters. The molecule has 0 N–H and O–H groups in total. The Bertz CT molecular complexity index is 1030. The van der Waals surface area contributed by atoms with E-state index in [0.717, 1.165) is 35.2 Å². The Morgan fingerprint density at radius 1 is 1.15 bits per heavy atom. The highest BCUT2D eigenvalue weighted by Crippen LogP contribution is 2.21. The first kappa shape index (κ1) is 19.4. The van der Waals surface area contributed by atoms with Gasteiger partial charge in [-0.2, -0.15) is 4.99 Å². The van der Waals surface area contributed by atoms with Crippen LogP contribution in [0.15, 0.2) is 41.4 Å². The van der Waals surface area contributed by atoms with Gasteiger partial charge in [0.2, 0.25) is 0 Å². The van der Waals surface area contributed by atoms with Gasteiger partial charge in [0.15, 0.2) is 4.80 Å². The highest BCUT2D eigenvalue weighted by Gasteiger charge is 2.09. The number of rotatable bonds is 6. The van der Waals surface area contributed by atoms with Gasteiger partial charge in [0.25, 0.3) is 5.91 Å². The molecule has 0 aliphatic carbocycles. The zero-order valence-electron chi connectivity index (χ0n) is 16.4. The van der Waals surface area contributed by atoms with Crippen molar-refractivity contribution in [3.8, 4) is 5.75 Å². The molecule has 27 heavy (non-hydrogen) atoms. The summed E-state index contributed by atoms with van der Waals surface area (Å²) < 4.78 is 8.87. The van der Waals surface area contributed by atoms with Gasteiger partial charge < -0.3 is 9.30 Å². The third-order valence-electron chi connectivity index (χ3n) is 4.72. The quantitative estimate of drug-likeness (QED) is 0.552. The smallest absolute Gasteiger partial charge is 0.279 e. The maximum absolute atomic E-state index is 12.7. The van der Waals surface area contributed by atoms with Crippen LogP contribution in [0.1, 0.15) is 47.7 Å². The van der Waals surface area contributed by atoms with Crippen LogP contribution in [0.25, 0.3) is 10.2 Å². The summed E-state index contributed by atoms with van der Waals surface area (Å²) in [5, 5.41) is 0. The van der Waals surface area contributed by atoms with Crippen LogP contribution in [0.2, 0.25) is 0 Å². The summed E-state index contributed by atoms with van der Waals surface area (Å²) >= 11 is 1.54. The molecular weight excluding hydrogens is 356 g/mol. The highest BCUT2D eigenvalue weighted by molar-refractivity contribution is 7.16. The van der Waals surface area contributed by atoms with Crippen molar-refractivity contribution in [3.63, 3.8) is 0 Å². The minimum atomic E-state index is -0.246. The molecule has 0 fully saturated rings. The van der Waals surface area contributed by atoms with Gasteiger partial charge in [-0.1, -0.05) is 37.2 Å². The fourth-order valence-electron chi connectivity index (χ4n) is 2.90. The summed E-state index contributed by atoms with van der Waals surface area (Å²) in [6.07, 6.45) is 3.33. The van der Waals surface area contributed by atoms with E-state index in [1.54, 1.807) is 12.1 Å². The number of nitrogens with zero attached hydrogens (tertiary/aromatic N) is 2. The van der Waals surface area contributed by atoms with Crippen molar-refractivity contribution in [1.82, 2.24) is 4.57 Å². The second-order valence-corrected chi connectivity index (χ2v) is 7.86. The Morgan fingerprint density at radius 3 is 2.70 bits per heavy atom. The molecule has 3 rings (SSSR count). The molecule has 0 saturated heterocycles. The van der Waals surface area contributed by atoms with Crippen LogP contribution >= 0.6 is 11.3 Å². The predicted octanol–water partition coefficient (Wildman–Crippen LogP) is 5.17. The largest absolute Gasteiger partial charge is 0.494 e. The fourth-order valence-corrected chi connectivity index (χ4v) is 4.00. The summed E-state index contributed by atoms with van der Waals surface area (Å²) in [7, 11) is 1.95. The second-order valence-electron chi connectivity index (χ2n) is 6.85. The van der Waals surface area contributed by atoms with Crippen molar-refractivity contribution in [2.75, 3.05) is 6.61 Å². The van der Waals surface area contributed by atoms with Crippen LogP contribution in [-0.4, -0.2) is 17.1 Å².